The molecule has 4 aromatic rings. The second kappa shape index (κ2) is 6.03. The van der Waals surface area contributed by atoms with Gasteiger partial charge < -0.3 is 0 Å². The van der Waals surface area contributed by atoms with E-state index >= 15 is 0 Å². The Labute approximate surface area is 152 Å². The van der Waals surface area contributed by atoms with Crippen molar-refractivity contribution in [2.24, 2.45) is 0 Å². The van der Waals surface area contributed by atoms with E-state index in [0.717, 1.165) is 32.7 Å². The monoisotopic (exact) mass is 366 g/mol. The highest BCUT2D eigenvalue weighted by atomic mass is 35.5. The van der Waals surface area contributed by atoms with Crippen LogP contribution in [0.1, 0.15) is 0 Å². The van der Waals surface area contributed by atoms with Crippen LogP contribution >= 0.6 is 20.6 Å². The van der Waals surface area contributed by atoms with Crippen molar-refractivity contribution in [3.8, 4) is 22.6 Å². The Hall–Kier alpha value is -2.61. The molecular formula is C20H14ClNO2P+. The Kier molecular flexibility index (Phi) is 3.84. The Morgan fingerprint density at radius 2 is 1.04 bits per heavy atom. The maximum absolute atomic E-state index is 8.11. The van der Waals surface area contributed by atoms with Crippen LogP contribution < -0.4 is 9.05 Å². The fraction of sp³-hybridized carbons (Fsp3) is 0. The van der Waals surface area contributed by atoms with Gasteiger partial charge in [0.15, 0.2) is 11.5 Å². The molecule has 0 bridgehead atoms. The number of nitrogens with one attached hydrogen (secondary N) is 1. The third-order valence-electron chi connectivity index (χ3n) is 4.39. The second-order valence-corrected chi connectivity index (χ2v) is 6.64. The molecule has 1 aliphatic heterocycles. The van der Waals surface area contributed by atoms with Crippen molar-refractivity contribution in [1.82, 2.24) is 0 Å². The Bertz CT molecular complexity index is 1050. The minimum absolute atomic E-state index is 0. The molecule has 5 rings (SSSR count). The maximum Gasteiger partial charge on any atom is 0.664 e. The lowest BCUT2D eigenvalue weighted by Gasteiger charge is -2.11. The highest BCUT2D eigenvalue weighted by Gasteiger charge is 2.31. The van der Waals surface area contributed by atoms with Gasteiger partial charge in [0.25, 0.3) is 0 Å². The van der Waals surface area contributed by atoms with E-state index in [-0.39, 0.29) is 12.4 Å². The zero-order valence-electron chi connectivity index (χ0n) is 13.1. The van der Waals surface area contributed by atoms with Crippen LogP contribution in [0.25, 0.3) is 32.7 Å². The van der Waals surface area contributed by atoms with Crippen LogP contribution in [0.15, 0.2) is 72.8 Å². The van der Waals surface area contributed by atoms with Crippen LogP contribution in [0.4, 0.5) is 0 Å². The van der Waals surface area contributed by atoms with Crippen molar-refractivity contribution in [3.05, 3.63) is 72.8 Å². The molecule has 0 aromatic heterocycles. The zero-order chi connectivity index (χ0) is 16.1. The van der Waals surface area contributed by atoms with Gasteiger partial charge in [-0.15, -0.1) is 12.4 Å². The van der Waals surface area contributed by atoms with Gasteiger partial charge in [0.2, 0.25) is 0 Å². The number of hydrogen-bond acceptors (Lipinski definition) is 3. The number of rotatable bonds is 0. The minimum atomic E-state index is -1.75. The first kappa shape index (κ1) is 15.9. The summed E-state index contributed by atoms with van der Waals surface area (Å²) in [6.07, 6.45) is 0. The molecule has 122 valence electrons. The third-order valence-corrected chi connectivity index (χ3v) is 5.12. The van der Waals surface area contributed by atoms with Gasteiger partial charge in [0, 0.05) is 11.1 Å². The van der Waals surface area contributed by atoms with Gasteiger partial charge in [-0.1, -0.05) is 60.7 Å². The first-order valence-corrected chi connectivity index (χ1v) is 8.90. The van der Waals surface area contributed by atoms with E-state index in [2.05, 4.69) is 24.3 Å². The molecule has 4 aromatic carbocycles. The Morgan fingerprint density at radius 3 is 1.52 bits per heavy atom. The smallest absolute Gasteiger partial charge is 0.236 e. The predicted molar refractivity (Wildman–Crippen MR) is 105 cm³/mol. The molecule has 5 heteroatoms. The summed E-state index contributed by atoms with van der Waals surface area (Å²) in [5.41, 5.74) is 2.02. The average molecular weight is 367 g/mol. The van der Waals surface area contributed by atoms with Crippen LogP contribution in [0.2, 0.25) is 0 Å². The highest BCUT2D eigenvalue weighted by Crippen LogP contribution is 2.51. The van der Waals surface area contributed by atoms with Gasteiger partial charge in [-0.05, 0) is 38.8 Å². The summed E-state index contributed by atoms with van der Waals surface area (Å²) in [5, 5.41) is 12.6. The lowest BCUT2D eigenvalue weighted by Crippen LogP contribution is -1.87. The van der Waals surface area contributed by atoms with Crippen molar-refractivity contribution >= 4 is 42.1 Å². The normalized spacial score (nSPS) is 12.4. The summed E-state index contributed by atoms with van der Waals surface area (Å²) in [6.45, 7) is 0. The zero-order valence-corrected chi connectivity index (χ0v) is 14.8. The molecule has 0 atom stereocenters. The van der Waals surface area contributed by atoms with Gasteiger partial charge in [-0.3, -0.25) is 0 Å². The molecule has 1 N–H and O–H groups in total. The molecule has 0 unspecified atom stereocenters. The summed E-state index contributed by atoms with van der Waals surface area (Å²) in [4.78, 5) is 0. The lowest BCUT2D eigenvalue weighted by molar-refractivity contribution is 0.509. The molecule has 3 nitrogen and oxygen atoms in total. The van der Waals surface area contributed by atoms with Crippen molar-refractivity contribution in [1.29, 1.82) is 5.16 Å². The van der Waals surface area contributed by atoms with Crippen LogP contribution in [-0.4, -0.2) is 0 Å². The van der Waals surface area contributed by atoms with Crippen LogP contribution in [0, 0.1) is 5.16 Å². The van der Waals surface area contributed by atoms with Gasteiger partial charge >= 0.3 is 8.17 Å². The summed E-state index contributed by atoms with van der Waals surface area (Å²) in [7, 11) is -1.75. The summed E-state index contributed by atoms with van der Waals surface area (Å²) in [5.74, 6) is 1.43. The first-order valence-electron chi connectivity index (χ1n) is 7.72. The Balaban J connectivity index is 0.00000157. The van der Waals surface area contributed by atoms with Gasteiger partial charge in [0.1, 0.15) is 0 Å². The van der Waals surface area contributed by atoms with E-state index in [4.69, 9.17) is 14.2 Å². The summed E-state index contributed by atoms with van der Waals surface area (Å²) < 4.78 is 11.6. The van der Waals surface area contributed by atoms with E-state index < -0.39 is 8.17 Å². The molecule has 0 saturated carbocycles. The highest BCUT2D eigenvalue weighted by molar-refractivity contribution is 7.35. The maximum atomic E-state index is 8.11. The topological polar surface area (TPSA) is 42.3 Å². The number of fused-ring (bicyclic) bond motifs is 7. The second-order valence-electron chi connectivity index (χ2n) is 5.76. The summed E-state index contributed by atoms with van der Waals surface area (Å²) in [6, 6.07) is 24.5. The number of halogens is 1. The number of hydrogen-bond donors (Lipinski definition) is 1. The fourth-order valence-corrected chi connectivity index (χ4v) is 4.07. The predicted octanol–water partition coefficient (Wildman–Crippen LogP) is 6.93. The molecule has 0 amide bonds. The van der Waals surface area contributed by atoms with Crippen molar-refractivity contribution in [2.75, 3.05) is 0 Å². The van der Waals surface area contributed by atoms with Crippen LogP contribution in [0.3, 0.4) is 0 Å². The first-order chi connectivity index (χ1) is 11.8. The largest absolute Gasteiger partial charge is 0.664 e. The molecule has 0 aliphatic carbocycles. The molecule has 0 radical (unpaired) electrons. The molecule has 0 fully saturated rings. The molecular weight excluding hydrogens is 353 g/mol. The van der Waals surface area contributed by atoms with Gasteiger partial charge in [0.05, 0.1) is 0 Å². The SMILES string of the molecule is Cl.N=[P+]1Oc2ccc3ccccc3c2-c2c(ccc3ccccc23)O1. The van der Waals surface area contributed by atoms with Crippen molar-refractivity contribution in [3.63, 3.8) is 0 Å². The van der Waals surface area contributed by atoms with E-state index in [0.29, 0.717) is 11.5 Å². The Morgan fingerprint density at radius 1 is 0.600 bits per heavy atom. The van der Waals surface area contributed by atoms with E-state index in [1.54, 1.807) is 0 Å². The standard InChI is InChI=1S/C20H13NO2P.ClH/c21-24-22-17-11-9-13-5-1-3-7-15(13)19(17)20-16-8-4-2-6-14(16)10-12-18(20)23-24;/h1-12,21H;1H/q+1;. The van der Waals surface area contributed by atoms with Gasteiger partial charge in [-0.25, -0.2) is 9.05 Å². The molecule has 0 spiro atoms. The van der Waals surface area contributed by atoms with Crippen LogP contribution in [0.5, 0.6) is 11.5 Å². The third kappa shape index (κ3) is 2.44. The van der Waals surface area contributed by atoms with Gasteiger partial charge in [-0.2, -0.15) is 0 Å². The van der Waals surface area contributed by atoms with E-state index in [9.17, 15) is 0 Å². The number of benzene rings is 4. The molecule has 1 aliphatic rings. The summed E-state index contributed by atoms with van der Waals surface area (Å²) >= 11 is 0. The van der Waals surface area contributed by atoms with Crippen molar-refractivity contribution < 1.29 is 9.05 Å². The average Bonchev–Trinajstić information content (AvgIpc) is 2.77. The fourth-order valence-electron chi connectivity index (χ4n) is 3.37. The lowest BCUT2D eigenvalue weighted by atomic mass is 9.92. The molecule has 1 heterocycles. The molecule has 0 saturated heterocycles. The van der Waals surface area contributed by atoms with Crippen molar-refractivity contribution in [2.45, 2.75) is 0 Å². The van der Waals surface area contributed by atoms with E-state index in [1.807, 2.05) is 48.5 Å². The molecule has 25 heavy (non-hydrogen) atoms. The quantitative estimate of drug-likeness (QED) is 0.343. The van der Waals surface area contributed by atoms with Crippen LogP contribution in [-0.2, 0) is 0 Å². The van der Waals surface area contributed by atoms with E-state index in [1.165, 1.54) is 0 Å². The minimum Gasteiger partial charge on any atom is -0.236 e.